The number of aromatic nitrogens is 1. The molecule has 7 heteroatoms. The van der Waals surface area contributed by atoms with E-state index in [2.05, 4.69) is 5.32 Å². The van der Waals surface area contributed by atoms with E-state index in [1.165, 1.54) is 13.0 Å². The Balaban J connectivity index is 2.61. The number of halogens is 1. The highest BCUT2D eigenvalue weighted by molar-refractivity contribution is 6.31. The number of carbonyl (C=O) groups excluding carboxylic acids is 1. The van der Waals surface area contributed by atoms with Gasteiger partial charge in [-0.2, -0.15) is 0 Å². The molecule has 0 aliphatic rings. The molecule has 18 heavy (non-hydrogen) atoms. The number of hydrogen-bond donors (Lipinski definition) is 3. The normalized spacial score (nSPS) is 14.0. The molecule has 0 bridgehead atoms. The number of carboxylic acids is 1. The lowest BCUT2D eigenvalue weighted by Gasteiger charge is -2.21. The van der Waals surface area contributed by atoms with Gasteiger partial charge in [-0.25, -0.2) is 0 Å². The number of nitrogens with one attached hydrogen (secondary N) is 1. The van der Waals surface area contributed by atoms with Crippen LogP contribution in [0.3, 0.4) is 0 Å². The third-order valence-corrected chi connectivity index (χ3v) is 2.57. The molecule has 0 radical (unpaired) electrons. The minimum atomic E-state index is -1.49. The summed E-state index contributed by atoms with van der Waals surface area (Å²) in [6, 6.07) is 1.49. The molecule has 6 nitrogen and oxygen atoms in total. The average Bonchev–Trinajstić information content (AvgIpc) is 2.52. The zero-order valence-corrected chi connectivity index (χ0v) is 10.9. The first-order valence-corrected chi connectivity index (χ1v) is 5.63. The zero-order valence-electron chi connectivity index (χ0n) is 10.1. The number of aliphatic carboxylic acids is 1. The number of rotatable bonds is 5. The van der Waals surface area contributed by atoms with Crippen LogP contribution in [0.4, 0.5) is 0 Å². The maximum Gasteiger partial charge on any atom is 0.306 e. The van der Waals surface area contributed by atoms with Gasteiger partial charge in [0.25, 0.3) is 5.91 Å². The maximum absolute atomic E-state index is 11.8. The number of aryl methyl sites for hydroxylation is 1. The van der Waals surface area contributed by atoms with E-state index in [-0.39, 0.29) is 6.54 Å². The minimum absolute atomic E-state index is 0.152. The lowest BCUT2D eigenvalue weighted by Crippen LogP contribution is -2.42. The fourth-order valence-corrected chi connectivity index (χ4v) is 1.75. The number of carboxylic acid groups (broad SMARTS) is 1. The van der Waals surface area contributed by atoms with Crippen LogP contribution in [0.2, 0.25) is 5.02 Å². The number of nitrogens with zero attached hydrogens (tertiary/aromatic N) is 1. The topological polar surface area (TPSA) is 91.6 Å². The molecule has 1 rings (SSSR count). The molecule has 1 atom stereocenters. The molecular formula is C11H15ClN2O4. The Morgan fingerprint density at radius 2 is 2.17 bits per heavy atom. The maximum atomic E-state index is 11.8. The molecule has 1 aromatic rings. The predicted molar refractivity (Wildman–Crippen MR) is 65.6 cm³/mol. The van der Waals surface area contributed by atoms with E-state index in [0.717, 1.165) is 0 Å². The van der Waals surface area contributed by atoms with Gasteiger partial charge in [0.05, 0.1) is 17.0 Å². The zero-order chi connectivity index (χ0) is 13.9. The second-order valence-electron chi connectivity index (χ2n) is 4.40. The first-order valence-electron chi connectivity index (χ1n) is 5.25. The molecule has 1 unspecified atom stereocenters. The van der Waals surface area contributed by atoms with Crippen molar-refractivity contribution < 1.29 is 19.8 Å². The molecule has 0 spiro atoms. The van der Waals surface area contributed by atoms with Crippen LogP contribution < -0.4 is 5.32 Å². The highest BCUT2D eigenvalue weighted by Crippen LogP contribution is 2.13. The summed E-state index contributed by atoms with van der Waals surface area (Å²) in [5.41, 5.74) is -1.15. The lowest BCUT2D eigenvalue weighted by molar-refractivity contribution is -0.141. The van der Waals surface area contributed by atoms with Crippen LogP contribution in [0.15, 0.2) is 12.3 Å². The van der Waals surface area contributed by atoms with Crippen LogP contribution in [0.1, 0.15) is 23.8 Å². The fraction of sp³-hybridized carbons (Fsp3) is 0.455. The third kappa shape index (κ3) is 4.05. The molecule has 0 saturated carbocycles. The van der Waals surface area contributed by atoms with E-state index >= 15 is 0 Å². The predicted octanol–water partition coefficient (Wildman–Crippen LogP) is 0.634. The molecule has 0 fully saturated rings. The first kappa shape index (κ1) is 14.5. The van der Waals surface area contributed by atoms with Crippen LogP contribution in [0.5, 0.6) is 0 Å². The van der Waals surface area contributed by atoms with Crippen molar-refractivity contribution >= 4 is 23.5 Å². The van der Waals surface area contributed by atoms with Gasteiger partial charge in [0.15, 0.2) is 0 Å². The van der Waals surface area contributed by atoms with Gasteiger partial charge in [-0.1, -0.05) is 11.6 Å². The van der Waals surface area contributed by atoms with Gasteiger partial charge in [-0.15, -0.1) is 0 Å². The van der Waals surface area contributed by atoms with Crippen molar-refractivity contribution in [2.24, 2.45) is 7.05 Å². The summed E-state index contributed by atoms with van der Waals surface area (Å²) < 4.78 is 1.55. The van der Waals surface area contributed by atoms with Crippen LogP contribution >= 0.6 is 11.6 Å². The number of aliphatic hydroxyl groups is 1. The first-order chi connectivity index (χ1) is 8.21. The molecule has 0 aromatic carbocycles. The summed E-state index contributed by atoms with van der Waals surface area (Å²) >= 11 is 5.74. The third-order valence-electron chi connectivity index (χ3n) is 2.37. The second-order valence-corrected chi connectivity index (χ2v) is 4.84. The molecule has 1 amide bonds. The van der Waals surface area contributed by atoms with Gasteiger partial charge in [0.2, 0.25) is 0 Å². The van der Waals surface area contributed by atoms with Gasteiger partial charge in [-0.05, 0) is 13.0 Å². The highest BCUT2D eigenvalue weighted by atomic mass is 35.5. The minimum Gasteiger partial charge on any atom is -0.481 e. The van der Waals surface area contributed by atoms with E-state index in [4.69, 9.17) is 16.7 Å². The Morgan fingerprint density at radius 1 is 1.56 bits per heavy atom. The molecule has 0 aliphatic carbocycles. The van der Waals surface area contributed by atoms with Crippen molar-refractivity contribution in [3.8, 4) is 0 Å². The number of carbonyl (C=O) groups is 2. The van der Waals surface area contributed by atoms with Crippen LogP contribution in [-0.4, -0.2) is 38.8 Å². The van der Waals surface area contributed by atoms with E-state index in [9.17, 15) is 14.7 Å². The van der Waals surface area contributed by atoms with E-state index < -0.39 is 23.9 Å². The summed E-state index contributed by atoms with van der Waals surface area (Å²) in [4.78, 5) is 22.3. The Kier molecular flexibility index (Phi) is 4.37. The van der Waals surface area contributed by atoms with Crippen molar-refractivity contribution in [3.63, 3.8) is 0 Å². The molecular weight excluding hydrogens is 260 g/mol. The van der Waals surface area contributed by atoms with E-state index in [0.29, 0.717) is 10.7 Å². The summed E-state index contributed by atoms with van der Waals surface area (Å²) in [7, 11) is 1.66. The summed E-state index contributed by atoms with van der Waals surface area (Å²) in [5.74, 6) is -1.55. The molecule has 1 heterocycles. The quantitative estimate of drug-likeness (QED) is 0.734. The summed E-state index contributed by atoms with van der Waals surface area (Å²) in [5, 5.41) is 21.2. The molecule has 0 saturated heterocycles. The monoisotopic (exact) mass is 274 g/mol. The Morgan fingerprint density at radius 3 is 2.61 bits per heavy atom. The molecule has 0 aliphatic heterocycles. The Bertz CT molecular complexity index is 468. The fourth-order valence-electron chi connectivity index (χ4n) is 1.50. The van der Waals surface area contributed by atoms with Gasteiger partial charge in [0.1, 0.15) is 5.69 Å². The van der Waals surface area contributed by atoms with Gasteiger partial charge in [0, 0.05) is 19.8 Å². The van der Waals surface area contributed by atoms with Crippen molar-refractivity contribution in [3.05, 3.63) is 23.0 Å². The largest absolute Gasteiger partial charge is 0.481 e. The summed E-state index contributed by atoms with van der Waals surface area (Å²) in [6.07, 6.45) is 1.13. The van der Waals surface area contributed by atoms with Crippen molar-refractivity contribution in [1.82, 2.24) is 9.88 Å². The van der Waals surface area contributed by atoms with Crippen molar-refractivity contribution in [1.29, 1.82) is 0 Å². The Labute approximate surface area is 109 Å². The smallest absolute Gasteiger partial charge is 0.306 e. The number of amides is 1. The standard InChI is InChI=1S/C11H15ClN2O4/c1-11(18,4-9(15)16)6-13-10(17)8-3-7(12)5-14(8)2/h3,5,18H,4,6H2,1-2H3,(H,13,17)(H,15,16). The highest BCUT2D eigenvalue weighted by Gasteiger charge is 2.25. The van der Waals surface area contributed by atoms with Crippen molar-refractivity contribution in [2.45, 2.75) is 18.9 Å². The van der Waals surface area contributed by atoms with Gasteiger partial charge < -0.3 is 20.1 Å². The van der Waals surface area contributed by atoms with Crippen LogP contribution in [0.25, 0.3) is 0 Å². The van der Waals surface area contributed by atoms with Crippen molar-refractivity contribution in [2.75, 3.05) is 6.54 Å². The Hall–Kier alpha value is -1.53. The molecule has 3 N–H and O–H groups in total. The van der Waals surface area contributed by atoms with Gasteiger partial charge >= 0.3 is 5.97 Å². The lowest BCUT2D eigenvalue weighted by atomic mass is 10.0. The van der Waals surface area contributed by atoms with E-state index in [1.807, 2.05) is 0 Å². The molecule has 100 valence electrons. The SMILES string of the molecule is Cn1cc(Cl)cc1C(=O)NCC(C)(O)CC(=O)O. The average molecular weight is 275 g/mol. The van der Waals surface area contributed by atoms with E-state index in [1.54, 1.807) is 17.8 Å². The number of hydrogen-bond acceptors (Lipinski definition) is 3. The molecule has 1 aromatic heterocycles. The van der Waals surface area contributed by atoms with Gasteiger partial charge in [-0.3, -0.25) is 9.59 Å². The van der Waals surface area contributed by atoms with Crippen LogP contribution in [-0.2, 0) is 11.8 Å². The van der Waals surface area contributed by atoms with Crippen LogP contribution in [0, 0.1) is 0 Å². The summed E-state index contributed by atoms with van der Waals surface area (Å²) in [6.45, 7) is 1.19. The second kappa shape index (κ2) is 5.41.